The van der Waals surface area contributed by atoms with E-state index < -0.39 is 0 Å². The lowest BCUT2D eigenvalue weighted by molar-refractivity contribution is -0.0450. The van der Waals surface area contributed by atoms with Crippen LogP contribution in [-0.2, 0) is 4.74 Å². The van der Waals surface area contributed by atoms with Crippen molar-refractivity contribution in [3.63, 3.8) is 0 Å². The molecule has 1 aromatic rings. The summed E-state index contributed by atoms with van der Waals surface area (Å²) in [5, 5.41) is 9.26. The maximum atomic E-state index is 6.13. The zero-order valence-corrected chi connectivity index (χ0v) is 11.2. The normalized spacial score (nSPS) is 22.2. The lowest BCUT2D eigenvalue weighted by atomic mass is 9.95. The second-order valence-corrected chi connectivity index (χ2v) is 5.32. The maximum Gasteiger partial charge on any atom is 0.0690 e. The molecule has 0 spiro atoms. The molecule has 0 bridgehead atoms. The molecule has 2 fully saturated rings. The van der Waals surface area contributed by atoms with Gasteiger partial charge in [-0.05, 0) is 25.7 Å². The monoisotopic (exact) mass is 251 g/mol. The number of ether oxygens (including phenoxy) is 1. The minimum absolute atomic E-state index is 0.622. The molecule has 0 amide bonds. The summed E-state index contributed by atoms with van der Waals surface area (Å²) < 4.78 is 6.13. The molecule has 102 valence electrons. The quantitative estimate of drug-likeness (QED) is 0.875. The van der Waals surface area contributed by atoms with Crippen molar-refractivity contribution in [1.29, 1.82) is 0 Å². The smallest absolute Gasteiger partial charge is 0.0690 e. The van der Waals surface area contributed by atoms with Crippen molar-refractivity contribution in [2.75, 3.05) is 0 Å². The van der Waals surface area contributed by atoms with Crippen LogP contribution in [0.25, 0.3) is 0 Å². The molecule has 0 saturated heterocycles. The minimum atomic E-state index is 0.622. The summed E-state index contributed by atoms with van der Waals surface area (Å²) in [7, 11) is 0. The second kappa shape index (κ2) is 8.25. The number of rotatable bonds is 2. The van der Waals surface area contributed by atoms with Gasteiger partial charge in [0.25, 0.3) is 0 Å². The number of hydrogen-bond donors (Lipinski definition) is 1. The molecule has 18 heavy (non-hydrogen) atoms. The van der Waals surface area contributed by atoms with Crippen LogP contribution in [0.5, 0.6) is 0 Å². The van der Waals surface area contributed by atoms with E-state index in [9.17, 15) is 0 Å². The van der Waals surface area contributed by atoms with E-state index in [1.165, 1.54) is 64.2 Å². The highest BCUT2D eigenvalue weighted by Crippen LogP contribution is 2.26. The van der Waals surface area contributed by atoms with Crippen LogP contribution in [0, 0.1) is 0 Å². The summed E-state index contributed by atoms with van der Waals surface area (Å²) in [6, 6.07) is 0. The molecule has 1 heterocycles. The van der Waals surface area contributed by atoms with Crippen LogP contribution >= 0.6 is 0 Å². The van der Waals surface area contributed by atoms with Gasteiger partial charge in [0.1, 0.15) is 0 Å². The van der Waals surface area contributed by atoms with Crippen molar-refractivity contribution in [2.45, 2.75) is 76.4 Å². The molecule has 0 aliphatic heterocycles. The Kier molecular flexibility index (Phi) is 6.20. The van der Waals surface area contributed by atoms with E-state index in [0.717, 1.165) is 0 Å². The van der Waals surface area contributed by atoms with E-state index in [2.05, 4.69) is 15.4 Å². The molecule has 2 aliphatic rings. The van der Waals surface area contributed by atoms with Crippen LogP contribution in [0.15, 0.2) is 12.4 Å². The first-order chi connectivity index (χ1) is 8.95. The van der Waals surface area contributed by atoms with Crippen molar-refractivity contribution in [3.05, 3.63) is 12.4 Å². The molecule has 0 atom stereocenters. The largest absolute Gasteiger partial charge is 0.375 e. The molecule has 0 unspecified atom stereocenters. The van der Waals surface area contributed by atoms with E-state index in [0.29, 0.717) is 12.2 Å². The first kappa shape index (κ1) is 13.5. The fourth-order valence-corrected chi connectivity index (χ4v) is 2.84. The van der Waals surface area contributed by atoms with Gasteiger partial charge in [0.05, 0.1) is 18.4 Å². The molecule has 2 aliphatic carbocycles. The molecule has 1 aromatic heterocycles. The molecule has 2 saturated carbocycles. The second-order valence-electron chi connectivity index (χ2n) is 5.32. The third-order valence-electron chi connectivity index (χ3n) is 3.82. The van der Waals surface area contributed by atoms with Crippen molar-refractivity contribution in [2.24, 2.45) is 0 Å². The van der Waals surface area contributed by atoms with Crippen LogP contribution in [0.3, 0.4) is 0 Å². The molecule has 0 radical (unpaired) electrons. The lowest BCUT2D eigenvalue weighted by Gasteiger charge is -2.29. The van der Waals surface area contributed by atoms with Crippen molar-refractivity contribution in [3.8, 4) is 0 Å². The number of nitrogens with one attached hydrogen (secondary N) is 1. The third kappa shape index (κ3) is 5.17. The first-order valence-corrected chi connectivity index (χ1v) is 7.41. The topological polar surface area (TPSA) is 50.8 Å². The van der Waals surface area contributed by atoms with Gasteiger partial charge in [-0.15, -0.1) is 5.10 Å². The van der Waals surface area contributed by atoms with Crippen molar-refractivity contribution >= 4 is 0 Å². The van der Waals surface area contributed by atoms with Gasteiger partial charge in [-0.2, -0.15) is 0 Å². The SMILES string of the molecule is C1CCC(OC2CCCCC2)CC1.c1c[nH]nn1. The molecule has 4 heteroatoms. The molecular formula is C14H25N3O. The number of hydrogen-bond acceptors (Lipinski definition) is 3. The van der Waals surface area contributed by atoms with Crippen LogP contribution in [0.1, 0.15) is 64.2 Å². The van der Waals surface area contributed by atoms with Gasteiger partial charge in [0, 0.05) is 6.20 Å². The van der Waals surface area contributed by atoms with Crippen molar-refractivity contribution in [1.82, 2.24) is 15.4 Å². The zero-order chi connectivity index (χ0) is 12.5. The van der Waals surface area contributed by atoms with Gasteiger partial charge >= 0.3 is 0 Å². The fraction of sp³-hybridized carbons (Fsp3) is 0.857. The summed E-state index contributed by atoms with van der Waals surface area (Å²) in [5.41, 5.74) is 0. The van der Waals surface area contributed by atoms with Gasteiger partial charge in [0.2, 0.25) is 0 Å². The van der Waals surface area contributed by atoms with Crippen LogP contribution in [-0.4, -0.2) is 27.6 Å². The maximum absolute atomic E-state index is 6.13. The Morgan fingerprint density at radius 1 is 0.833 bits per heavy atom. The average Bonchev–Trinajstić information content (AvgIpc) is 3.00. The predicted octanol–water partition coefficient (Wildman–Crippen LogP) is 3.47. The number of nitrogens with zero attached hydrogens (tertiary/aromatic N) is 2. The van der Waals surface area contributed by atoms with E-state index >= 15 is 0 Å². The molecule has 4 nitrogen and oxygen atoms in total. The first-order valence-electron chi connectivity index (χ1n) is 7.41. The van der Waals surface area contributed by atoms with E-state index in [1.54, 1.807) is 12.4 Å². The number of H-pyrrole nitrogens is 1. The number of aromatic amines is 1. The molecule has 3 rings (SSSR count). The van der Waals surface area contributed by atoms with Gasteiger partial charge in [-0.3, -0.25) is 5.10 Å². The average molecular weight is 251 g/mol. The Labute approximate surface area is 110 Å². The molecule has 1 N–H and O–H groups in total. The van der Waals surface area contributed by atoms with E-state index in [1.807, 2.05) is 0 Å². The van der Waals surface area contributed by atoms with Crippen LogP contribution in [0.4, 0.5) is 0 Å². The summed E-state index contributed by atoms with van der Waals surface area (Å²) in [4.78, 5) is 0. The molecular weight excluding hydrogens is 226 g/mol. The highest BCUT2D eigenvalue weighted by atomic mass is 16.5. The van der Waals surface area contributed by atoms with Crippen LogP contribution < -0.4 is 0 Å². The standard InChI is InChI=1S/C12H22O.C2H3N3/c1-3-7-11(8-4-1)13-12-9-5-2-6-10-12;1-2-4-5-3-1/h11-12H,1-10H2;1-2H,(H,3,4,5). The molecule has 0 aromatic carbocycles. The van der Waals surface area contributed by atoms with Crippen molar-refractivity contribution < 1.29 is 4.74 Å². The Balaban J connectivity index is 0.000000202. The summed E-state index contributed by atoms with van der Waals surface area (Å²) >= 11 is 0. The Morgan fingerprint density at radius 3 is 1.72 bits per heavy atom. The third-order valence-corrected chi connectivity index (χ3v) is 3.82. The summed E-state index contributed by atoms with van der Waals surface area (Å²) in [6.45, 7) is 0. The fourth-order valence-electron chi connectivity index (χ4n) is 2.84. The zero-order valence-electron chi connectivity index (χ0n) is 11.2. The van der Waals surface area contributed by atoms with E-state index in [4.69, 9.17) is 4.74 Å². The van der Waals surface area contributed by atoms with Gasteiger partial charge in [0.15, 0.2) is 0 Å². The lowest BCUT2D eigenvalue weighted by Crippen LogP contribution is -2.25. The Bertz CT molecular complexity index is 244. The van der Waals surface area contributed by atoms with Gasteiger partial charge in [-0.1, -0.05) is 43.7 Å². The van der Waals surface area contributed by atoms with Gasteiger partial charge < -0.3 is 4.74 Å². The highest BCUT2D eigenvalue weighted by Gasteiger charge is 2.20. The minimum Gasteiger partial charge on any atom is -0.375 e. The summed E-state index contributed by atoms with van der Waals surface area (Å²) in [5.74, 6) is 0. The predicted molar refractivity (Wildman–Crippen MR) is 71.2 cm³/mol. The van der Waals surface area contributed by atoms with E-state index in [-0.39, 0.29) is 0 Å². The highest BCUT2D eigenvalue weighted by molar-refractivity contribution is 4.71. The Hall–Kier alpha value is -0.900. The van der Waals surface area contributed by atoms with Crippen LogP contribution in [0.2, 0.25) is 0 Å². The van der Waals surface area contributed by atoms with Gasteiger partial charge in [-0.25, -0.2) is 0 Å². The Morgan fingerprint density at radius 2 is 1.39 bits per heavy atom. The summed E-state index contributed by atoms with van der Waals surface area (Å²) in [6.07, 6.45) is 18.3. The number of aromatic nitrogens is 3.